The van der Waals surface area contributed by atoms with Crippen LogP contribution >= 0.6 is 0 Å². The van der Waals surface area contributed by atoms with Crippen molar-refractivity contribution in [2.24, 2.45) is 5.92 Å². The normalized spacial score (nSPS) is 18.7. The van der Waals surface area contributed by atoms with Crippen molar-refractivity contribution in [3.05, 3.63) is 65.0 Å². The molecule has 1 saturated carbocycles. The Kier molecular flexibility index (Phi) is 6.02. The second-order valence-corrected chi connectivity index (χ2v) is 8.31. The molecule has 2 fully saturated rings. The van der Waals surface area contributed by atoms with Crippen molar-refractivity contribution >= 4 is 11.8 Å². The molecule has 5 nitrogen and oxygen atoms in total. The number of ether oxygens (including phenoxy) is 1. The lowest BCUT2D eigenvalue weighted by Crippen LogP contribution is -2.41. The molecule has 2 amide bonds. The smallest absolute Gasteiger partial charge is 0.253 e. The van der Waals surface area contributed by atoms with Crippen LogP contribution in [-0.4, -0.2) is 42.5 Å². The number of likely N-dealkylation sites (tertiary alicyclic amines) is 1. The van der Waals surface area contributed by atoms with E-state index in [0.717, 1.165) is 25.7 Å². The first kappa shape index (κ1) is 20.4. The largest absolute Gasteiger partial charge is 0.493 e. The number of benzene rings is 2. The van der Waals surface area contributed by atoms with Gasteiger partial charge in [0.2, 0.25) is 0 Å². The Balaban J connectivity index is 1.30. The summed E-state index contributed by atoms with van der Waals surface area (Å²) >= 11 is 0. The van der Waals surface area contributed by atoms with E-state index >= 15 is 0 Å². The summed E-state index contributed by atoms with van der Waals surface area (Å²) in [6, 6.07) is 12.1. The highest BCUT2D eigenvalue weighted by atomic mass is 19.1. The zero-order valence-corrected chi connectivity index (χ0v) is 17.2. The first-order valence-electron chi connectivity index (χ1n) is 10.6. The Morgan fingerprint density at radius 3 is 2.53 bits per heavy atom. The average molecular weight is 410 g/mol. The number of carbonyl (C=O) groups is 2. The Bertz CT molecular complexity index is 925. The molecule has 0 spiro atoms. The standard InChI is InChI=1S/C24H27FN2O3/c1-16-4-5-19(13-22(16)25)24(29)27-12-2-3-17(14-27)15-30-21-10-6-18(7-11-21)23(28)26-20-8-9-20/h4-7,10-11,13,17,20H,2-3,8-9,12,14-15H2,1H3,(H,26,28)/t17-/m1/s1. The van der Waals surface area contributed by atoms with Gasteiger partial charge in [-0.05, 0) is 74.6 Å². The second kappa shape index (κ2) is 8.86. The Labute approximate surface area is 176 Å². The van der Waals surface area contributed by atoms with Gasteiger partial charge in [0.1, 0.15) is 11.6 Å². The quantitative estimate of drug-likeness (QED) is 0.784. The molecule has 2 aromatic carbocycles. The van der Waals surface area contributed by atoms with Crippen LogP contribution in [0.4, 0.5) is 4.39 Å². The van der Waals surface area contributed by atoms with Gasteiger partial charge < -0.3 is 15.0 Å². The first-order valence-corrected chi connectivity index (χ1v) is 10.6. The summed E-state index contributed by atoms with van der Waals surface area (Å²) in [5.41, 5.74) is 1.56. The molecule has 0 aromatic heterocycles. The van der Waals surface area contributed by atoms with Crippen molar-refractivity contribution in [1.82, 2.24) is 10.2 Å². The predicted molar refractivity (Wildman–Crippen MR) is 112 cm³/mol. The van der Waals surface area contributed by atoms with Crippen LogP contribution in [0, 0.1) is 18.7 Å². The topological polar surface area (TPSA) is 58.6 Å². The van der Waals surface area contributed by atoms with E-state index in [4.69, 9.17) is 4.74 Å². The van der Waals surface area contributed by atoms with Crippen molar-refractivity contribution in [1.29, 1.82) is 0 Å². The zero-order chi connectivity index (χ0) is 21.1. The van der Waals surface area contributed by atoms with Gasteiger partial charge in [0.05, 0.1) is 6.61 Å². The summed E-state index contributed by atoms with van der Waals surface area (Å²) in [4.78, 5) is 26.6. The molecule has 0 unspecified atom stereocenters. The van der Waals surface area contributed by atoms with E-state index in [1.165, 1.54) is 6.07 Å². The van der Waals surface area contributed by atoms with E-state index in [1.54, 1.807) is 36.1 Å². The number of nitrogens with zero attached hydrogens (tertiary/aromatic N) is 1. The van der Waals surface area contributed by atoms with Gasteiger partial charge in [-0.3, -0.25) is 9.59 Å². The summed E-state index contributed by atoms with van der Waals surface area (Å²) in [6.45, 7) is 3.45. The van der Waals surface area contributed by atoms with Gasteiger partial charge >= 0.3 is 0 Å². The third kappa shape index (κ3) is 4.99. The van der Waals surface area contributed by atoms with Crippen LogP contribution in [0.15, 0.2) is 42.5 Å². The lowest BCUT2D eigenvalue weighted by molar-refractivity contribution is 0.0633. The molecule has 2 aliphatic rings. The van der Waals surface area contributed by atoms with E-state index in [2.05, 4.69) is 5.32 Å². The monoisotopic (exact) mass is 410 g/mol. The third-order valence-corrected chi connectivity index (χ3v) is 5.74. The molecule has 158 valence electrons. The van der Waals surface area contributed by atoms with Gasteiger partial charge in [-0.25, -0.2) is 4.39 Å². The SMILES string of the molecule is Cc1ccc(C(=O)N2CCC[C@@H](COc3ccc(C(=O)NC4CC4)cc3)C2)cc1F. The maximum absolute atomic E-state index is 13.8. The number of nitrogens with one attached hydrogen (secondary N) is 1. The van der Waals surface area contributed by atoms with Crippen molar-refractivity contribution in [2.75, 3.05) is 19.7 Å². The van der Waals surface area contributed by atoms with Gasteiger partial charge in [0, 0.05) is 36.2 Å². The highest BCUT2D eigenvalue weighted by molar-refractivity contribution is 5.95. The number of amides is 2. The van der Waals surface area contributed by atoms with Crippen LogP contribution in [0.25, 0.3) is 0 Å². The molecule has 30 heavy (non-hydrogen) atoms. The fraction of sp³-hybridized carbons (Fsp3) is 0.417. The van der Waals surface area contributed by atoms with Gasteiger partial charge in [-0.1, -0.05) is 6.07 Å². The Morgan fingerprint density at radius 2 is 1.83 bits per heavy atom. The zero-order valence-electron chi connectivity index (χ0n) is 17.2. The molecule has 1 atom stereocenters. The van der Waals surface area contributed by atoms with Gasteiger partial charge in [-0.15, -0.1) is 0 Å². The molecule has 2 aromatic rings. The van der Waals surface area contributed by atoms with Crippen LogP contribution in [-0.2, 0) is 0 Å². The van der Waals surface area contributed by atoms with Gasteiger partial charge in [0.25, 0.3) is 11.8 Å². The van der Waals surface area contributed by atoms with Crippen LogP contribution in [0.5, 0.6) is 5.75 Å². The first-order chi connectivity index (χ1) is 14.5. The summed E-state index contributed by atoms with van der Waals surface area (Å²) in [5, 5.41) is 2.97. The fourth-order valence-corrected chi connectivity index (χ4v) is 3.71. The minimum atomic E-state index is -0.355. The molecular formula is C24H27FN2O3. The van der Waals surface area contributed by atoms with Crippen LogP contribution < -0.4 is 10.1 Å². The van der Waals surface area contributed by atoms with Crippen LogP contribution in [0.3, 0.4) is 0 Å². The molecule has 6 heteroatoms. The van der Waals surface area contributed by atoms with E-state index in [0.29, 0.717) is 48.2 Å². The highest BCUT2D eigenvalue weighted by Gasteiger charge is 2.26. The van der Waals surface area contributed by atoms with Crippen molar-refractivity contribution in [3.8, 4) is 5.75 Å². The Hall–Kier alpha value is -2.89. The number of aryl methyl sites for hydroxylation is 1. The lowest BCUT2D eigenvalue weighted by atomic mass is 9.98. The molecule has 0 bridgehead atoms. The van der Waals surface area contributed by atoms with Gasteiger partial charge in [0.15, 0.2) is 0 Å². The van der Waals surface area contributed by atoms with Crippen molar-refractivity contribution < 1.29 is 18.7 Å². The number of piperidine rings is 1. The second-order valence-electron chi connectivity index (χ2n) is 8.31. The number of hydrogen-bond acceptors (Lipinski definition) is 3. The number of hydrogen-bond donors (Lipinski definition) is 1. The van der Waals surface area contributed by atoms with Crippen LogP contribution in [0.2, 0.25) is 0 Å². The lowest BCUT2D eigenvalue weighted by Gasteiger charge is -2.32. The minimum Gasteiger partial charge on any atom is -0.493 e. The van der Waals surface area contributed by atoms with Crippen molar-refractivity contribution in [2.45, 2.75) is 38.6 Å². The number of carbonyl (C=O) groups excluding carboxylic acids is 2. The molecule has 4 rings (SSSR count). The fourth-order valence-electron chi connectivity index (χ4n) is 3.71. The summed E-state index contributed by atoms with van der Waals surface area (Å²) < 4.78 is 19.7. The molecule has 1 N–H and O–H groups in total. The van der Waals surface area contributed by atoms with E-state index < -0.39 is 0 Å². The molecule has 1 saturated heterocycles. The maximum atomic E-state index is 13.8. The maximum Gasteiger partial charge on any atom is 0.253 e. The number of rotatable bonds is 6. The molecule has 1 heterocycles. The predicted octanol–water partition coefficient (Wildman–Crippen LogP) is 3.96. The molecule has 0 radical (unpaired) electrons. The Morgan fingerprint density at radius 1 is 1.10 bits per heavy atom. The number of halogens is 1. The summed E-state index contributed by atoms with van der Waals surface area (Å²) in [7, 11) is 0. The van der Waals surface area contributed by atoms with Crippen LogP contribution in [0.1, 0.15) is 52.0 Å². The van der Waals surface area contributed by atoms with Gasteiger partial charge in [-0.2, -0.15) is 0 Å². The van der Waals surface area contributed by atoms with E-state index in [-0.39, 0.29) is 23.5 Å². The minimum absolute atomic E-state index is 0.0435. The third-order valence-electron chi connectivity index (χ3n) is 5.74. The summed E-state index contributed by atoms with van der Waals surface area (Å²) in [5.74, 6) is 0.396. The summed E-state index contributed by atoms with van der Waals surface area (Å²) in [6.07, 6.45) is 4.00. The van der Waals surface area contributed by atoms with E-state index in [9.17, 15) is 14.0 Å². The average Bonchev–Trinajstić information content (AvgIpc) is 3.58. The van der Waals surface area contributed by atoms with E-state index in [1.807, 2.05) is 12.1 Å². The highest BCUT2D eigenvalue weighted by Crippen LogP contribution is 2.22. The van der Waals surface area contributed by atoms with Crippen molar-refractivity contribution in [3.63, 3.8) is 0 Å². The molecular weight excluding hydrogens is 383 g/mol. The molecule has 1 aliphatic heterocycles. The molecule has 1 aliphatic carbocycles.